The number of hydrogen-bond acceptors (Lipinski definition) is 6. The molecule has 2 aliphatic rings. The molecule has 0 unspecified atom stereocenters. The number of hydrogen-bond donors (Lipinski definition) is 1. The summed E-state index contributed by atoms with van der Waals surface area (Å²) < 4.78 is 0. The minimum atomic E-state index is 0.0423. The Bertz CT molecular complexity index is 822. The van der Waals surface area contributed by atoms with Crippen LogP contribution in [-0.4, -0.2) is 33.2 Å². The average Bonchev–Trinajstić information content (AvgIpc) is 3.24. The van der Waals surface area contributed by atoms with Gasteiger partial charge in [-0.3, -0.25) is 9.59 Å². The average molecular weight is 362 g/mol. The summed E-state index contributed by atoms with van der Waals surface area (Å²) in [6.07, 6.45) is 2.69. The second kappa shape index (κ2) is 5.93. The Morgan fingerprint density at radius 1 is 1.21 bits per heavy atom. The summed E-state index contributed by atoms with van der Waals surface area (Å²) in [5.41, 5.74) is 1.81. The molecule has 126 valence electrons. The third-order valence-electron chi connectivity index (χ3n) is 4.29. The van der Waals surface area contributed by atoms with Gasteiger partial charge in [-0.05, 0) is 26.7 Å². The lowest BCUT2D eigenvalue weighted by Crippen LogP contribution is -2.35. The first-order valence-corrected chi connectivity index (χ1v) is 9.67. The lowest BCUT2D eigenvalue weighted by atomic mass is 10.1. The summed E-state index contributed by atoms with van der Waals surface area (Å²) in [5.74, 6) is 0.284. The van der Waals surface area contributed by atoms with Crippen molar-refractivity contribution in [3.8, 4) is 0 Å². The van der Waals surface area contributed by atoms with Crippen LogP contribution in [0.3, 0.4) is 0 Å². The number of aryl methyl sites for hydroxylation is 2. The van der Waals surface area contributed by atoms with Crippen LogP contribution in [0.2, 0.25) is 0 Å². The predicted octanol–water partition coefficient (Wildman–Crippen LogP) is 2.76. The van der Waals surface area contributed by atoms with E-state index in [1.807, 2.05) is 18.7 Å². The van der Waals surface area contributed by atoms with Crippen LogP contribution < -0.4 is 5.32 Å². The third-order valence-corrected chi connectivity index (χ3v) is 6.35. The van der Waals surface area contributed by atoms with Gasteiger partial charge in [-0.25, -0.2) is 9.97 Å². The minimum absolute atomic E-state index is 0.0423. The van der Waals surface area contributed by atoms with E-state index in [-0.39, 0.29) is 17.7 Å². The van der Waals surface area contributed by atoms with E-state index in [4.69, 9.17) is 0 Å². The Balaban J connectivity index is 1.49. The largest absolute Gasteiger partial charge is 0.332 e. The molecule has 0 bridgehead atoms. The fraction of sp³-hybridized carbons (Fsp3) is 0.500. The smallest absolute Gasteiger partial charge is 0.266 e. The quantitative estimate of drug-likeness (QED) is 0.911. The van der Waals surface area contributed by atoms with Gasteiger partial charge >= 0.3 is 0 Å². The second-order valence-electron chi connectivity index (χ2n) is 6.28. The Morgan fingerprint density at radius 3 is 2.67 bits per heavy atom. The molecule has 1 aliphatic heterocycles. The van der Waals surface area contributed by atoms with E-state index in [2.05, 4.69) is 15.3 Å². The van der Waals surface area contributed by atoms with Gasteiger partial charge in [0.2, 0.25) is 5.91 Å². The molecule has 0 aromatic carbocycles. The molecule has 4 rings (SSSR count). The number of carbonyl (C=O) groups excluding carboxylic acids is 2. The van der Waals surface area contributed by atoms with E-state index in [9.17, 15) is 9.59 Å². The summed E-state index contributed by atoms with van der Waals surface area (Å²) in [6.45, 7) is 5.01. The number of rotatable bonds is 3. The minimum Gasteiger partial charge on any atom is -0.332 e. The highest BCUT2D eigenvalue weighted by atomic mass is 32.1. The molecular weight excluding hydrogens is 344 g/mol. The fourth-order valence-corrected chi connectivity index (χ4v) is 4.76. The van der Waals surface area contributed by atoms with Crippen LogP contribution in [0.4, 0.5) is 5.13 Å². The van der Waals surface area contributed by atoms with E-state index < -0.39 is 0 Å². The maximum Gasteiger partial charge on any atom is 0.266 e. The Labute approximate surface area is 147 Å². The zero-order valence-electron chi connectivity index (χ0n) is 13.6. The molecule has 1 aliphatic carbocycles. The molecule has 2 amide bonds. The second-order valence-corrected chi connectivity index (χ2v) is 8.56. The van der Waals surface area contributed by atoms with E-state index >= 15 is 0 Å². The highest BCUT2D eigenvalue weighted by Gasteiger charge is 2.31. The molecule has 1 saturated carbocycles. The van der Waals surface area contributed by atoms with Crippen molar-refractivity contribution >= 4 is 39.6 Å². The van der Waals surface area contributed by atoms with Gasteiger partial charge in [-0.1, -0.05) is 11.3 Å². The molecule has 0 saturated heterocycles. The lowest BCUT2D eigenvalue weighted by Gasteiger charge is -2.25. The molecule has 2 aromatic rings. The SMILES string of the molecule is Cc1nc(C)c(C(=O)N2CCc3nc(NC(=O)C4CC4)sc3C2)s1. The van der Waals surface area contributed by atoms with Gasteiger partial charge in [0.05, 0.1) is 22.9 Å². The number of nitrogens with one attached hydrogen (secondary N) is 1. The molecule has 3 heterocycles. The molecule has 1 N–H and O–H groups in total. The van der Waals surface area contributed by atoms with Gasteiger partial charge < -0.3 is 10.2 Å². The van der Waals surface area contributed by atoms with Gasteiger partial charge in [-0.2, -0.15) is 0 Å². The van der Waals surface area contributed by atoms with Crippen LogP contribution in [0.15, 0.2) is 0 Å². The highest BCUT2D eigenvalue weighted by Crippen LogP contribution is 2.33. The Hall–Kier alpha value is -1.80. The van der Waals surface area contributed by atoms with Gasteiger partial charge in [0.1, 0.15) is 4.88 Å². The molecule has 0 atom stereocenters. The van der Waals surface area contributed by atoms with E-state index in [0.29, 0.717) is 18.2 Å². The summed E-state index contributed by atoms with van der Waals surface area (Å²) in [4.78, 5) is 37.1. The van der Waals surface area contributed by atoms with Crippen molar-refractivity contribution in [3.63, 3.8) is 0 Å². The van der Waals surface area contributed by atoms with E-state index in [0.717, 1.165) is 45.4 Å². The molecule has 1 fully saturated rings. The highest BCUT2D eigenvalue weighted by molar-refractivity contribution is 7.16. The number of fused-ring (bicyclic) bond motifs is 1. The van der Waals surface area contributed by atoms with Crippen molar-refractivity contribution in [1.29, 1.82) is 0 Å². The van der Waals surface area contributed by atoms with Crippen LogP contribution in [0.1, 0.15) is 43.8 Å². The normalized spacial score (nSPS) is 16.8. The monoisotopic (exact) mass is 362 g/mol. The Morgan fingerprint density at radius 2 is 2.00 bits per heavy atom. The van der Waals surface area contributed by atoms with E-state index in [1.54, 1.807) is 0 Å². The van der Waals surface area contributed by atoms with Crippen molar-refractivity contribution in [1.82, 2.24) is 14.9 Å². The van der Waals surface area contributed by atoms with Crippen LogP contribution >= 0.6 is 22.7 Å². The van der Waals surface area contributed by atoms with Crippen LogP contribution in [-0.2, 0) is 17.8 Å². The summed E-state index contributed by atoms with van der Waals surface area (Å²) in [7, 11) is 0. The van der Waals surface area contributed by atoms with Crippen LogP contribution in [0.5, 0.6) is 0 Å². The molecule has 8 heteroatoms. The molecule has 6 nitrogen and oxygen atoms in total. The zero-order chi connectivity index (χ0) is 16.8. The van der Waals surface area contributed by atoms with Crippen molar-refractivity contribution < 1.29 is 9.59 Å². The van der Waals surface area contributed by atoms with Gasteiger partial charge in [0.25, 0.3) is 5.91 Å². The zero-order valence-corrected chi connectivity index (χ0v) is 15.2. The number of thiazole rings is 2. The van der Waals surface area contributed by atoms with Crippen molar-refractivity contribution in [2.24, 2.45) is 5.92 Å². The van der Waals surface area contributed by atoms with Crippen LogP contribution in [0.25, 0.3) is 0 Å². The summed E-state index contributed by atoms with van der Waals surface area (Å²) >= 11 is 2.94. The first-order valence-electron chi connectivity index (χ1n) is 8.04. The van der Waals surface area contributed by atoms with Crippen molar-refractivity contribution in [3.05, 3.63) is 26.1 Å². The predicted molar refractivity (Wildman–Crippen MR) is 93.5 cm³/mol. The van der Waals surface area contributed by atoms with Gasteiger partial charge in [-0.15, -0.1) is 11.3 Å². The number of aromatic nitrogens is 2. The maximum atomic E-state index is 12.7. The molecular formula is C16H18N4O2S2. The maximum absolute atomic E-state index is 12.7. The lowest BCUT2D eigenvalue weighted by molar-refractivity contribution is -0.117. The van der Waals surface area contributed by atoms with Crippen LogP contribution in [0, 0.1) is 19.8 Å². The number of nitrogens with zero attached hydrogens (tertiary/aromatic N) is 3. The molecule has 0 spiro atoms. The fourth-order valence-electron chi connectivity index (χ4n) is 2.85. The van der Waals surface area contributed by atoms with Crippen molar-refractivity contribution in [2.45, 2.75) is 39.7 Å². The number of amides is 2. The number of carbonyl (C=O) groups is 2. The van der Waals surface area contributed by atoms with Gasteiger partial charge in [0, 0.05) is 23.8 Å². The van der Waals surface area contributed by atoms with E-state index in [1.165, 1.54) is 22.7 Å². The summed E-state index contributed by atoms with van der Waals surface area (Å²) in [5, 5.41) is 4.48. The third kappa shape index (κ3) is 2.95. The number of anilines is 1. The van der Waals surface area contributed by atoms with Gasteiger partial charge in [0.15, 0.2) is 5.13 Å². The Kier molecular flexibility index (Phi) is 3.88. The standard InChI is InChI=1S/C16H18N4O2S2/c1-8-13(23-9(2)17-8)15(22)20-6-5-11-12(7-20)24-16(18-11)19-14(21)10-3-4-10/h10H,3-7H2,1-2H3,(H,18,19,21). The van der Waals surface area contributed by atoms with Crippen molar-refractivity contribution in [2.75, 3.05) is 11.9 Å². The molecule has 2 aromatic heterocycles. The molecule has 24 heavy (non-hydrogen) atoms. The first kappa shape index (κ1) is 15.7. The molecule has 0 radical (unpaired) electrons. The topological polar surface area (TPSA) is 75.2 Å². The summed E-state index contributed by atoms with van der Waals surface area (Å²) in [6, 6.07) is 0. The first-order chi connectivity index (χ1) is 11.5.